The molecule has 2 fully saturated rings. The summed E-state index contributed by atoms with van der Waals surface area (Å²) in [5.41, 5.74) is -0.0331. The maximum absolute atomic E-state index is 14.3. The Bertz CT molecular complexity index is 635. The first-order valence-corrected chi connectivity index (χ1v) is 9.22. The topological polar surface area (TPSA) is 41.1 Å². The number of amides is 1. The van der Waals surface area contributed by atoms with Crippen molar-refractivity contribution in [3.8, 4) is 0 Å². The molecule has 2 N–H and O–H groups in total. The lowest BCUT2D eigenvalue weighted by Crippen LogP contribution is -2.41. The van der Waals surface area contributed by atoms with Crippen molar-refractivity contribution in [2.75, 3.05) is 0 Å². The number of nitrogens with one attached hydrogen (secondary N) is 2. The van der Waals surface area contributed by atoms with E-state index in [-0.39, 0.29) is 23.7 Å². The number of carbonyl (C=O) groups is 1. The van der Waals surface area contributed by atoms with Crippen molar-refractivity contribution in [2.24, 2.45) is 11.3 Å². The monoisotopic (exact) mass is 386 g/mol. The average Bonchev–Trinajstić information content (AvgIpc) is 2.83. The van der Waals surface area contributed by atoms with Crippen LogP contribution in [0.25, 0.3) is 0 Å². The van der Waals surface area contributed by atoms with Gasteiger partial charge in [0.1, 0.15) is 11.6 Å². The number of fused-ring (bicyclic) bond motifs is 2. The predicted octanol–water partition coefficient (Wildman–Crippen LogP) is 4.51. The molecular formula is C20H29ClF2N2O. The SMILES string of the molecule is CC(C)(C)C(NC(=O)CC1CC2CCC(C1)N2)c1ccc(F)cc1F.Cl. The Kier molecular flexibility index (Phi) is 6.67. The standard InChI is InChI=1S/C20H28F2N2O.ClH/c1-20(2,3)19(16-7-4-13(21)11-17(16)22)24-18(25)10-12-8-14-5-6-15(9-12)23-14;/h4,7,11-12,14-15,19,23H,5-6,8-10H2,1-3H3,(H,24,25);1H. The number of benzene rings is 1. The second kappa shape index (κ2) is 8.22. The first-order valence-electron chi connectivity index (χ1n) is 9.22. The molecule has 0 saturated carbocycles. The molecule has 2 saturated heterocycles. The highest BCUT2D eigenvalue weighted by Gasteiger charge is 2.35. The van der Waals surface area contributed by atoms with E-state index in [1.165, 1.54) is 25.0 Å². The van der Waals surface area contributed by atoms with Gasteiger partial charge in [0, 0.05) is 30.1 Å². The smallest absolute Gasteiger partial charge is 0.220 e. The Labute approximate surface area is 160 Å². The summed E-state index contributed by atoms with van der Waals surface area (Å²) >= 11 is 0. The molecule has 1 aromatic carbocycles. The Morgan fingerprint density at radius 3 is 2.38 bits per heavy atom. The van der Waals surface area contributed by atoms with Gasteiger partial charge in [0.05, 0.1) is 6.04 Å². The lowest BCUT2D eigenvalue weighted by atomic mass is 9.81. The molecule has 0 aromatic heterocycles. The number of rotatable bonds is 4. The third-order valence-electron chi connectivity index (χ3n) is 5.49. The molecule has 6 heteroatoms. The van der Waals surface area contributed by atoms with Crippen LogP contribution in [0.5, 0.6) is 0 Å². The van der Waals surface area contributed by atoms with Gasteiger partial charge in [0.2, 0.25) is 5.91 Å². The van der Waals surface area contributed by atoms with Gasteiger partial charge in [-0.1, -0.05) is 26.8 Å². The van der Waals surface area contributed by atoms with Gasteiger partial charge in [-0.15, -0.1) is 12.4 Å². The van der Waals surface area contributed by atoms with Crippen LogP contribution < -0.4 is 10.6 Å². The molecule has 3 rings (SSSR count). The fourth-order valence-electron chi connectivity index (χ4n) is 4.32. The number of carbonyl (C=O) groups excluding carboxylic acids is 1. The van der Waals surface area contributed by atoms with E-state index in [0.717, 1.165) is 18.9 Å². The average molecular weight is 387 g/mol. The van der Waals surface area contributed by atoms with Crippen LogP contribution in [0, 0.1) is 23.0 Å². The van der Waals surface area contributed by atoms with Gasteiger partial charge in [0.25, 0.3) is 0 Å². The zero-order chi connectivity index (χ0) is 18.2. The summed E-state index contributed by atoms with van der Waals surface area (Å²) in [4.78, 5) is 12.6. The van der Waals surface area contributed by atoms with Crippen LogP contribution in [0.15, 0.2) is 18.2 Å². The molecule has 3 atom stereocenters. The fraction of sp³-hybridized carbons (Fsp3) is 0.650. The zero-order valence-electron chi connectivity index (χ0n) is 15.6. The highest BCUT2D eigenvalue weighted by Crippen LogP contribution is 2.36. The van der Waals surface area contributed by atoms with Gasteiger partial charge in [0.15, 0.2) is 0 Å². The van der Waals surface area contributed by atoms with Gasteiger partial charge in [-0.3, -0.25) is 4.79 Å². The van der Waals surface area contributed by atoms with Crippen LogP contribution >= 0.6 is 12.4 Å². The Morgan fingerprint density at radius 1 is 1.23 bits per heavy atom. The van der Waals surface area contributed by atoms with E-state index in [1.807, 2.05) is 20.8 Å². The van der Waals surface area contributed by atoms with Crippen LogP contribution in [0.1, 0.15) is 64.5 Å². The lowest BCUT2D eigenvalue weighted by Gasteiger charge is -2.34. The van der Waals surface area contributed by atoms with Crippen molar-refractivity contribution in [3.63, 3.8) is 0 Å². The maximum Gasteiger partial charge on any atom is 0.220 e. The van der Waals surface area contributed by atoms with Gasteiger partial charge < -0.3 is 10.6 Å². The molecule has 0 aliphatic carbocycles. The number of piperidine rings is 1. The van der Waals surface area contributed by atoms with Crippen molar-refractivity contribution in [1.82, 2.24) is 10.6 Å². The Morgan fingerprint density at radius 2 is 1.85 bits per heavy atom. The summed E-state index contributed by atoms with van der Waals surface area (Å²) in [6.45, 7) is 5.85. The molecule has 0 radical (unpaired) electrons. The number of hydrogen-bond donors (Lipinski definition) is 2. The maximum atomic E-state index is 14.3. The van der Waals surface area contributed by atoms with Crippen molar-refractivity contribution in [2.45, 2.75) is 71.0 Å². The molecule has 1 amide bonds. The van der Waals surface area contributed by atoms with Crippen molar-refractivity contribution in [1.29, 1.82) is 0 Å². The van der Waals surface area contributed by atoms with E-state index in [4.69, 9.17) is 0 Å². The minimum Gasteiger partial charge on any atom is -0.349 e. The summed E-state index contributed by atoms with van der Waals surface area (Å²) in [5, 5.41) is 6.59. The molecule has 0 spiro atoms. The number of halogens is 3. The van der Waals surface area contributed by atoms with E-state index in [0.29, 0.717) is 30.0 Å². The minimum atomic E-state index is -0.611. The third-order valence-corrected chi connectivity index (χ3v) is 5.49. The summed E-state index contributed by atoms with van der Waals surface area (Å²) in [7, 11) is 0. The van der Waals surface area contributed by atoms with Crippen LogP contribution in [-0.2, 0) is 4.79 Å². The quantitative estimate of drug-likeness (QED) is 0.799. The van der Waals surface area contributed by atoms with E-state index >= 15 is 0 Å². The first-order chi connectivity index (χ1) is 11.7. The summed E-state index contributed by atoms with van der Waals surface area (Å²) in [5.74, 6) is -0.877. The van der Waals surface area contributed by atoms with Crippen molar-refractivity contribution in [3.05, 3.63) is 35.4 Å². The molecule has 2 aliphatic rings. The fourth-order valence-corrected chi connectivity index (χ4v) is 4.32. The second-order valence-corrected chi connectivity index (χ2v) is 8.71. The molecular weight excluding hydrogens is 358 g/mol. The van der Waals surface area contributed by atoms with Crippen LogP contribution in [0.2, 0.25) is 0 Å². The van der Waals surface area contributed by atoms with Crippen LogP contribution in [0.4, 0.5) is 8.78 Å². The summed E-state index contributed by atoms with van der Waals surface area (Å²) < 4.78 is 27.5. The highest BCUT2D eigenvalue weighted by molar-refractivity contribution is 5.85. The summed E-state index contributed by atoms with van der Waals surface area (Å²) in [6, 6.07) is 4.16. The van der Waals surface area contributed by atoms with Gasteiger partial charge in [-0.2, -0.15) is 0 Å². The van der Waals surface area contributed by atoms with Gasteiger partial charge in [-0.25, -0.2) is 8.78 Å². The molecule has 3 unspecified atom stereocenters. The Hall–Kier alpha value is -1.20. The number of hydrogen-bond acceptors (Lipinski definition) is 2. The minimum absolute atomic E-state index is 0. The molecule has 26 heavy (non-hydrogen) atoms. The third kappa shape index (κ3) is 4.95. The molecule has 1 aromatic rings. The molecule has 2 heterocycles. The lowest BCUT2D eigenvalue weighted by molar-refractivity contribution is -0.123. The van der Waals surface area contributed by atoms with Gasteiger partial charge in [-0.05, 0) is 43.1 Å². The molecule has 2 bridgehead atoms. The normalized spacial score (nSPS) is 26.1. The second-order valence-electron chi connectivity index (χ2n) is 8.71. The Balaban J connectivity index is 0.00000243. The van der Waals surface area contributed by atoms with Crippen LogP contribution in [-0.4, -0.2) is 18.0 Å². The van der Waals surface area contributed by atoms with E-state index in [2.05, 4.69) is 10.6 Å². The summed E-state index contributed by atoms with van der Waals surface area (Å²) in [6.07, 6.45) is 4.95. The van der Waals surface area contributed by atoms with Gasteiger partial charge >= 0.3 is 0 Å². The van der Waals surface area contributed by atoms with E-state index < -0.39 is 17.7 Å². The molecule has 2 aliphatic heterocycles. The molecule has 3 nitrogen and oxygen atoms in total. The zero-order valence-corrected chi connectivity index (χ0v) is 16.5. The van der Waals surface area contributed by atoms with E-state index in [9.17, 15) is 13.6 Å². The van der Waals surface area contributed by atoms with Crippen molar-refractivity contribution < 1.29 is 13.6 Å². The predicted molar refractivity (Wildman–Crippen MR) is 101 cm³/mol. The highest BCUT2D eigenvalue weighted by atomic mass is 35.5. The van der Waals surface area contributed by atoms with Crippen molar-refractivity contribution >= 4 is 18.3 Å². The van der Waals surface area contributed by atoms with Crippen LogP contribution in [0.3, 0.4) is 0 Å². The largest absolute Gasteiger partial charge is 0.349 e. The molecule has 146 valence electrons. The first kappa shape index (κ1) is 21.1. The van der Waals surface area contributed by atoms with E-state index in [1.54, 1.807) is 0 Å².